The van der Waals surface area contributed by atoms with Crippen LogP contribution in [-0.2, 0) is 0 Å². The number of nitrogens with one attached hydrogen (secondary N) is 1. The fourth-order valence-electron chi connectivity index (χ4n) is 2.39. The summed E-state index contributed by atoms with van der Waals surface area (Å²) in [6, 6.07) is 4.15. The molecule has 0 radical (unpaired) electrons. The zero-order chi connectivity index (χ0) is 14.7. The predicted octanol–water partition coefficient (Wildman–Crippen LogP) is 2.07. The van der Waals surface area contributed by atoms with Gasteiger partial charge in [0, 0.05) is 24.2 Å². The van der Waals surface area contributed by atoms with E-state index in [1.54, 1.807) is 11.9 Å². The van der Waals surface area contributed by atoms with Gasteiger partial charge in [-0.25, -0.2) is 0 Å². The molecule has 0 unspecified atom stereocenters. The van der Waals surface area contributed by atoms with Gasteiger partial charge >= 0.3 is 0 Å². The highest BCUT2D eigenvalue weighted by atomic mass is 35.5. The summed E-state index contributed by atoms with van der Waals surface area (Å²) in [5, 5.41) is 14.6. The lowest BCUT2D eigenvalue weighted by Crippen LogP contribution is -2.44. The van der Waals surface area contributed by atoms with Crippen molar-refractivity contribution in [3.8, 4) is 0 Å². The number of amides is 1. The Balaban J connectivity index is 2.27. The summed E-state index contributed by atoms with van der Waals surface area (Å²) in [6.07, 6.45) is 1.69. The van der Waals surface area contributed by atoms with Crippen molar-refractivity contribution in [2.75, 3.05) is 20.1 Å². The fourth-order valence-corrected chi connectivity index (χ4v) is 2.56. The molecule has 0 atom stereocenters. The molecule has 20 heavy (non-hydrogen) atoms. The molecule has 1 heterocycles. The predicted molar refractivity (Wildman–Crippen MR) is 76.1 cm³/mol. The first-order valence-corrected chi connectivity index (χ1v) is 6.80. The molecule has 1 aromatic rings. The molecule has 1 aliphatic rings. The van der Waals surface area contributed by atoms with E-state index >= 15 is 0 Å². The monoisotopic (exact) mass is 297 g/mol. The third-order valence-electron chi connectivity index (χ3n) is 3.56. The van der Waals surface area contributed by atoms with E-state index in [2.05, 4.69) is 5.32 Å². The smallest absolute Gasteiger partial charge is 0.282 e. The Labute approximate surface area is 121 Å². The Morgan fingerprint density at radius 3 is 2.70 bits per heavy atom. The molecule has 0 spiro atoms. The summed E-state index contributed by atoms with van der Waals surface area (Å²) in [5.74, 6) is -0.355. The summed E-state index contributed by atoms with van der Waals surface area (Å²) >= 11 is 5.85. The van der Waals surface area contributed by atoms with E-state index in [-0.39, 0.29) is 23.2 Å². The van der Waals surface area contributed by atoms with Crippen LogP contribution in [0.3, 0.4) is 0 Å². The average molecular weight is 298 g/mol. The third-order valence-corrected chi connectivity index (χ3v) is 3.80. The maximum Gasteiger partial charge on any atom is 0.282 e. The number of nitrogens with zero attached hydrogens (tertiary/aromatic N) is 2. The summed E-state index contributed by atoms with van der Waals surface area (Å²) in [5.41, 5.74) is -0.163. The van der Waals surface area contributed by atoms with E-state index in [9.17, 15) is 14.9 Å². The molecule has 1 N–H and O–H groups in total. The number of carbonyl (C=O) groups excluding carboxylic acids is 1. The lowest BCUT2D eigenvalue weighted by molar-refractivity contribution is -0.385. The minimum atomic E-state index is -0.556. The molecular formula is C13H16ClN3O3. The molecule has 0 aliphatic carbocycles. The second kappa shape index (κ2) is 6.19. The highest BCUT2D eigenvalue weighted by Crippen LogP contribution is 2.25. The van der Waals surface area contributed by atoms with Crippen molar-refractivity contribution in [3.05, 3.63) is 38.9 Å². The van der Waals surface area contributed by atoms with Gasteiger partial charge in [-0.15, -0.1) is 0 Å². The largest absolute Gasteiger partial charge is 0.338 e. The molecule has 0 bridgehead atoms. The van der Waals surface area contributed by atoms with Crippen molar-refractivity contribution in [2.24, 2.45) is 0 Å². The molecule has 2 rings (SSSR count). The molecule has 1 amide bonds. The molecule has 0 aromatic heterocycles. The Hall–Kier alpha value is -1.66. The number of nitro benzene ring substituents is 1. The molecule has 7 heteroatoms. The Morgan fingerprint density at radius 2 is 2.10 bits per heavy atom. The van der Waals surface area contributed by atoms with Crippen LogP contribution in [0.15, 0.2) is 18.2 Å². The van der Waals surface area contributed by atoms with E-state index < -0.39 is 4.92 Å². The topological polar surface area (TPSA) is 75.5 Å². The lowest BCUT2D eigenvalue weighted by Gasteiger charge is -2.31. The standard InChI is InChI=1S/C13H16ClN3O3/c1-16(10-4-6-15-7-5-10)13(18)11-8-9(14)2-3-12(11)17(19)20/h2-3,8,10,15H,4-7H2,1H3. The lowest BCUT2D eigenvalue weighted by atomic mass is 10.0. The summed E-state index contributed by atoms with van der Waals surface area (Å²) < 4.78 is 0. The summed E-state index contributed by atoms with van der Waals surface area (Å²) in [7, 11) is 1.68. The Bertz CT molecular complexity index is 530. The van der Waals surface area contributed by atoms with Gasteiger partial charge in [-0.05, 0) is 38.1 Å². The highest BCUT2D eigenvalue weighted by molar-refractivity contribution is 6.31. The molecule has 1 aliphatic heterocycles. The van der Waals surface area contributed by atoms with Gasteiger partial charge < -0.3 is 10.2 Å². The number of carbonyl (C=O) groups is 1. The van der Waals surface area contributed by atoms with Crippen LogP contribution in [0.2, 0.25) is 5.02 Å². The van der Waals surface area contributed by atoms with Crippen LogP contribution in [-0.4, -0.2) is 41.9 Å². The van der Waals surface area contributed by atoms with Crippen molar-refractivity contribution in [1.29, 1.82) is 0 Å². The van der Waals surface area contributed by atoms with Gasteiger partial charge in [0.2, 0.25) is 0 Å². The quantitative estimate of drug-likeness (QED) is 0.684. The first kappa shape index (κ1) is 14.7. The molecule has 1 saturated heterocycles. The second-order valence-corrected chi connectivity index (χ2v) is 5.25. The maximum atomic E-state index is 12.5. The molecule has 6 nitrogen and oxygen atoms in total. The van der Waals surface area contributed by atoms with Crippen LogP contribution in [0.5, 0.6) is 0 Å². The van der Waals surface area contributed by atoms with Crippen LogP contribution < -0.4 is 5.32 Å². The van der Waals surface area contributed by atoms with Gasteiger partial charge in [0.15, 0.2) is 0 Å². The van der Waals surface area contributed by atoms with Gasteiger partial charge in [0.25, 0.3) is 11.6 Å². The molecule has 0 saturated carbocycles. The normalized spacial score (nSPS) is 15.9. The average Bonchev–Trinajstić information content (AvgIpc) is 2.46. The van der Waals surface area contributed by atoms with Crippen molar-refractivity contribution in [2.45, 2.75) is 18.9 Å². The SMILES string of the molecule is CN(C(=O)c1cc(Cl)ccc1[N+](=O)[O-])C1CCNCC1. The molecule has 1 aromatic carbocycles. The zero-order valence-corrected chi connectivity index (χ0v) is 11.9. The number of benzene rings is 1. The first-order chi connectivity index (χ1) is 9.50. The number of hydrogen-bond donors (Lipinski definition) is 1. The van der Waals surface area contributed by atoms with Crippen LogP contribution in [0.1, 0.15) is 23.2 Å². The van der Waals surface area contributed by atoms with E-state index in [1.807, 2.05) is 0 Å². The van der Waals surface area contributed by atoms with Crippen LogP contribution in [0, 0.1) is 10.1 Å². The molecular weight excluding hydrogens is 282 g/mol. The van der Waals surface area contributed by atoms with Gasteiger partial charge in [-0.3, -0.25) is 14.9 Å². The van der Waals surface area contributed by atoms with Crippen LogP contribution in [0.4, 0.5) is 5.69 Å². The van der Waals surface area contributed by atoms with Gasteiger partial charge in [-0.2, -0.15) is 0 Å². The summed E-state index contributed by atoms with van der Waals surface area (Å²) in [6.45, 7) is 1.69. The number of piperidine rings is 1. The summed E-state index contributed by atoms with van der Waals surface area (Å²) in [4.78, 5) is 24.5. The maximum absolute atomic E-state index is 12.5. The number of nitro groups is 1. The number of halogens is 1. The van der Waals surface area contributed by atoms with E-state index in [1.165, 1.54) is 18.2 Å². The molecule has 1 fully saturated rings. The van der Waals surface area contributed by atoms with Crippen molar-refractivity contribution >= 4 is 23.2 Å². The minimum absolute atomic E-state index is 0.0449. The number of hydrogen-bond acceptors (Lipinski definition) is 4. The van der Waals surface area contributed by atoms with E-state index in [4.69, 9.17) is 11.6 Å². The van der Waals surface area contributed by atoms with Crippen molar-refractivity contribution in [1.82, 2.24) is 10.2 Å². The van der Waals surface area contributed by atoms with Crippen molar-refractivity contribution in [3.63, 3.8) is 0 Å². The molecule has 108 valence electrons. The second-order valence-electron chi connectivity index (χ2n) is 4.82. The van der Waals surface area contributed by atoms with E-state index in [0.717, 1.165) is 25.9 Å². The van der Waals surface area contributed by atoms with Crippen LogP contribution >= 0.6 is 11.6 Å². The Kier molecular flexibility index (Phi) is 4.57. The number of rotatable bonds is 3. The highest BCUT2D eigenvalue weighted by Gasteiger charge is 2.28. The Morgan fingerprint density at radius 1 is 1.45 bits per heavy atom. The van der Waals surface area contributed by atoms with Gasteiger partial charge in [-0.1, -0.05) is 11.6 Å². The zero-order valence-electron chi connectivity index (χ0n) is 11.1. The fraction of sp³-hybridized carbons (Fsp3) is 0.462. The minimum Gasteiger partial charge on any atom is -0.338 e. The van der Waals surface area contributed by atoms with E-state index in [0.29, 0.717) is 5.02 Å². The van der Waals surface area contributed by atoms with Crippen molar-refractivity contribution < 1.29 is 9.72 Å². The van der Waals surface area contributed by atoms with Crippen LogP contribution in [0.25, 0.3) is 0 Å². The van der Waals surface area contributed by atoms with Gasteiger partial charge in [0.05, 0.1) is 4.92 Å². The third kappa shape index (κ3) is 3.08. The van der Waals surface area contributed by atoms with Gasteiger partial charge in [0.1, 0.15) is 5.56 Å². The first-order valence-electron chi connectivity index (χ1n) is 6.42.